The second kappa shape index (κ2) is 11.2. The van der Waals surface area contributed by atoms with E-state index in [1.165, 1.54) is 43.1 Å². The molecule has 0 radical (unpaired) electrons. The van der Waals surface area contributed by atoms with Crippen LogP contribution in [0.25, 0.3) is 10.3 Å². The summed E-state index contributed by atoms with van der Waals surface area (Å²) in [6.07, 6.45) is 6.53. The van der Waals surface area contributed by atoms with Crippen LogP contribution >= 0.6 is 23.1 Å². The number of nitrogens with zero attached hydrogens (tertiary/aromatic N) is 5. The smallest absolute Gasteiger partial charge is 0.234 e. The second-order valence-electron chi connectivity index (χ2n) is 8.24. The first kappa shape index (κ1) is 23.8. The van der Waals surface area contributed by atoms with E-state index in [1.54, 1.807) is 17.7 Å². The molecule has 176 valence electrons. The molecule has 1 N–H and O–H groups in total. The Balaban J connectivity index is 1.41. The Bertz CT molecular complexity index is 1090. The third-order valence-electron chi connectivity index (χ3n) is 5.98. The Morgan fingerprint density at radius 3 is 2.61 bits per heavy atom. The maximum absolute atomic E-state index is 12.7. The predicted molar refractivity (Wildman–Crippen MR) is 140 cm³/mol. The fourth-order valence-electron chi connectivity index (χ4n) is 4.12. The second-order valence-corrected chi connectivity index (χ2v) is 10.2. The van der Waals surface area contributed by atoms with Crippen LogP contribution in [0.5, 0.6) is 0 Å². The Morgan fingerprint density at radius 1 is 1.15 bits per heavy atom. The van der Waals surface area contributed by atoms with Gasteiger partial charge in [0.05, 0.1) is 5.75 Å². The lowest BCUT2D eigenvalue weighted by Gasteiger charge is -2.22. The number of thioether (sulfide) groups is 1. The largest absolute Gasteiger partial charge is 0.372 e. The number of anilines is 3. The summed E-state index contributed by atoms with van der Waals surface area (Å²) in [5.41, 5.74) is 3.82. The third-order valence-corrected chi connectivity index (χ3v) is 8.21. The van der Waals surface area contributed by atoms with Crippen LogP contribution in [0.3, 0.4) is 0 Å². The molecule has 33 heavy (non-hydrogen) atoms. The van der Waals surface area contributed by atoms with E-state index in [-0.39, 0.29) is 5.91 Å². The Morgan fingerprint density at radius 2 is 1.91 bits per heavy atom. The summed E-state index contributed by atoms with van der Waals surface area (Å²) >= 11 is 3.08. The number of fused-ring (bicyclic) bond motifs is 1. The highest BCUT2D eigenvalue weighted by atomic mass is 32.2. The minimum absolute atomic E-state index is 0.0392. The van der Waals surface area contributed by atoms with Crippen molar-refractivity contribution in [1.29, 1.82) is 0 Å². The molecule has 3 heterocycles. The van der Waals surface area contributed by atoms with E-state index in [1.807, 2.05) is 13.0 Å². The van der Waals surface area contributed by atoms with Crippen molar-refractivity contribution < 1.29 is 4.79 Å². The first-order chi connectivity index (χ1) is 16.1. The summed E-state index contributed by atoms with van der Waals surface area (Å²) < 4.78 is 0.967. The molecular formula is C24H32N6OS2. The van der Waals surface area contributed by atoms with Crippen molar-refractivity contribution in [2.75, 3.05) is 47.0 Å². The Labute approximate surface area is 204 Å². The van der Waals surface area contributed by atoms with Crippen molar-refractivity contribution in [3.63, 3.8) is 0 Å². The molecule has 3 aromatic rings. The summed E-state index contributed by atoms with van der Waals surface area (Å²) in [6, 6.07) is 6.19. The molecule has 7 nitrogen and oxygen atoms in total. The molecule has 1 amide bonds. The zero-order valence-corrected chi connectivity index (χ0v) is 21.3. The number of nitrogens with one attached hydrogen (secondary N) is 1. The van der Waals surface area contributed by atoms with Crippen molar-refractivity contribution in [3.05, 3.63) is 30.1 Å². The molecule has 1 fully saturated rings. The number of amides is 1. The maximum atomic E-state index is 12.7. The molecule has 1 aromatic carbocycles. The topological polar surface area (TPSA) is 74.2 Å². The van der Waals surface area contributed by atoms with E-state index in [4.69, 9.17) is 4.98 Å². The molecule has 9 heteroatoms. The monoisotopic (exact) mass is 484 g/mol. The molecular weight excluding hydrogens is 452 g/mol. The van der Waals surface area contributed by atoms with Crippen LogP contribution in [0.2, 0.25) is 0 Å². The van der Waals surface area contributed by atoms with Gasteiger partial charge in [0.1, 0.15) is 16.1 Å². The van der Waals surface area contributed by atoms with E-state index in [0.717, 1.165) is 57.9 Å². The molecule has 0 spiro atoms. The van der Waals surface area contributed by atoms with Crippen LogP contribution < -0.4 is 15.1 Å². The van der Waals surface area contributed by atoms with Gasteiger partial charge in [-0.15, -0.1) is 0 Å². The summed E-state index contributed by atoms with van der Waals surface area (Å²) in [7, 11) is 0. The average Bonchev–Trinajstić information content (AvgIpc) is 3.07. The number of rotatable bonds is 8. The first-order valence-electron chi connectivity index (χ1n) is 11.7. The fourth-order valence-corrected chi connectivity index (χ4v) is 6.06. The van der Waals surface area contributed by atoms with Crippen molar-refractivity contribution in [2.24, 2.45) is 0 Å². The zero-order chi connectivity index (χ0) is 23.2. The van der Waals surface area contributed by atoms with Crippen molar-refractivity contribution in [2.45, 2.75) is 51.5 Å². The SMILES string of the molecule is CCN(CC)c1ccc(NC(=O)CSc2ncnc3nc(N4CCCCCC4)sc23)c(C)c1. The highest BCUT2D eigenvalue weighted by molar-refractivity contribution is 8.00. The number of benzene rings is 1. The average molecular weight is 485 g/mol. The molecule has 2 aromatic heterocycles. The first-order valence-corrected chi connectivity index (χ1v) is 13.5. The van der Waals surface area contributed by atoms with Crippen molar-refractivity contribution in [1.82, 2.24) is 15.0 Å². The molecule has 1 aliphatic heterocycles. The van der Waals surface area contributed by atoms with Gasteiger partial charge in [-0.2, -0.15) is 4.98 Å². The van der Waals surface area contributed by atoms with Gasteiger partial charge in [0, 0.05) is 37.6 Å². The summed E-state index contributed by atoms with van der Waals surface area (Å²) in [5, 5.41) is 4.89. The van der Waals surface area contributed by atoms with Gasteiger partial charge in [0.15, 0.2) is 10.8 Å². The van der Waals surface area contributed by atoms with Crippen molar-refractivity contribution >= 4 is 55.9 Å². The minimum Gasteiger partial charge on any atom is -0.372 e. The van der Waals surface area contributed by atoms with Crippen LogP contribution in [0.4, 0.5) is 16.5 Å². The normalized spacial score (nSPS) is 14.3. The van der Waals surface area contributed by atoms with Gasteiger partial charge in [-0.05, 0) is 57.4 Å². The van der Waals surface area contributed by atoms with E-state index in [0.29, 0.717) is 5.75 Å². The molecule has 0 bridgehead atoms. The zero-order valence-electron chi connectivity index (χ0n) is 19.6. The molecule has 4 rings (SSSR count). The lowest BCUT2D eigenvalue weighted by Crippen LogP contribution is -2.23. The van der Waals surface area contributed by atoms with E-state index in [9.17, 15) is 4.79 Å². The standard InChI is InChI=1S/C24H32N6OS2/c1-4-29(5-2)18-10-11-19(17(3)14-18)27-20(31)15-32-23-21-22(25-16-26-23)28-24(33-21)30-12-8-6-7-9-13-30/h10-11,14,16H,4-9,12-13,15H2,1-3H3,(H,27,31). The number of thiazole rings is 1. The fraction of sp³-hybridized carbons (Fsp3) is 0.500. The highest BCUT2D eigenvalue weighted by Gasteiger charge is 2.18. The van der Waals surface area contributed by atoms with Crippen LogP contribution in [0.1, 0.15) is 45.1 Å². The minimum atomic E-state index is -0.0392. The van der Waals surface area contributed by atoms with Crippen LogP contribution in [0.15, 0.2) is 29.6 Å². The number of aromatic nitrogens is 3. The molecule has 0 atom stereocenters. The van der Waals surface area contributed by atoms with Gasteiger partial charge in [0.25, 0.3) is 0 Å². The number of hydrogen-bond donors (Lipinski definition) is 1. The van der Waals surface area contributed by atoms with Crippen LogP contribution in [-0.4, -0.2) is 52.8 Å². The van der Waals surface area contributed by atoms with Gasteiger partial charge >= 0.3 is 0 Å². The molecule has 1 saturated heterocycles. The maximum Gasteiger partial charge on any atom is 0.234 e. The molecule has 0 saturated carbocycles. The summed E-state index contributed by atoms with van der Waals surface area (Å²) in [5.74, 6) is 0.253. The molecule has 1 aliphatic rings. The van der Waals surface area contributed by atoms with Crippen LogP contribution in [-0.2, 0) is 4.79 Å². The quantitative estimate of drug-likeness (QED) is 0.341. The van der Waals surface area contributed by atoms with Gasteiger partial charge in [-0.3, -0.25) is 4.79 Å². The highest BCUT2D eigenvalue weighted by Crippen LogP contribution is 2.34. The number of carbonyl (C=O) groups excluding carboxylic acids is 1. The summed E-state index contributed by atoms with van der Waals surface area (Å²) in [4.78, 5) is 30.9. The van der Waals surface area contributed by atoms with Crippen LogP contribution in [0, 0.1) is 6.92 Å². The van der Waals surface area contributed by atoms with E-state index < -0.39 is 0 Å². The molecule has 0 unspecified atom stereocenters. The Kier molecular flexibility index (Phi) is 8.03. The van der Waals surface area contributed by atoms with Gasteiger partial charge < -0.3 is 15.1 Å². The number of hydrogen-bond acceptors (Lipinski definition) is 8. The lowest BCUT2D eigenvalue weighted by atomic mass is 10.1. The molecule has 0 aliphatic carbocycles. The Hall–Kier alpha value is -2.39. The van der Waals surface area contributed by atoms with E-state index >= 15 is 0 Å². The van der Waals surface area contributed by atoms with E-state index in [2.05, 4.69) is 51.1 Å². The summed E-state index contributed by atoms with van der Waals surface area (Å²) in [6.45, 7) is 10.3. The van der Waals surface area contributed by atoms with Gasteiger partial charge in [0.2, 0.25) is 5.91 Å². The lowest BCUT2D eigenvalue weighted by molar-refractivity contribution is -0.113. The predicted octanol–water partition coefficient (Wildman–Crippen LogP) is 5.35. The third kappa shape index (κ3) is 5.76. The number of carbonyl (C=O) groups is 1. The number of aryl methyl sites for hydroxylation is 1. The van der Waals surface area contributed by atoms with Crippen molar-refractivity contribution in [3.8, 4) is 0 Å². The van der Waals surface area contributed by atoms with Gasteiger partial charge in [-0.25, -0.2) is 9.97 Å². The van der Waals surface area contributed by atoms with Gasteiger partial charge in [-0.1, -0.05) is 35.9 Å².